The predicted octanol–water partition coefficient (Wildman–Crippen LogP) is 2.35. The molecule has 20 heavy (non-hydrogen) atoms. The summed E-state index contributed by atoms with van der Waals surface area (Å²) in [6.07, 6.45) is 5.31. The number of aliphatic hydroxyl groups is 1. The summed E-state index contributed by atoms with van der Waals surface area (Å²) in [5.74, 6) is 3.06. The van der Waals surface area contributed by atoms with E-state index in [1.54, 1.807) is 0 Å². The molecule has 4 atom stereocenters. The molecule has 3 heteroatoms. The van der Waals surface area contributed by atoms with Crippen molar-refractivity contribution in [2.45, 2.75) is 52.5 Å². The molecule has 2 rings (SSSR count). The lowest BCUT2D eigenvalue weighted by Gasteiger charge is -2.40. The molecular weight excluding hydrogens is 248 g/mol. The largest absolute Gasteiger partial charge is 0.396 e. The van der Waals surface area contributed by atoms with Crippen molar-refractivity contribution in [2.75, 3.05) is 32.8 Å². The Kier molecular flexibility index (Phi) is 6.31. The first-order chi connectivity index (χ1) is 9.63. The second kappa shape index (κ2) is 7.77. The highest BCUT2D eigenvalue weighted by atomic mass is 16.3. The number of likely N-dealkylation sites (tertiary alicyclic amines) is 1. The Morgan fingerprint density at radius 1 is 1.25 bits per heavy atom. The van der Waals surface area contributed by atoms with Gasteiger partial charge in [0.1, 0.15) is 0 Å². The molecule has 0 spiro atoms. The summed E-state index contributed by atoms with van der Waals surface area (Å²) in [6.45, 7) is 12.0. The summed E-state index contributed by atoms with van der Waals surface area (Å²) in [4.78, 5) is 2.60. The zero-order chi connectivity index (χ0) is 14.5. The number of rotatable bonds is 6. The van der Waals surface area contributed by atoms with Gasteiger partial charge in [-0.3, -0.25) is 0 Å². The van der Waals surface area contributed by atoms with Crippen LogP contribution in [0, 0.1) is 23.7 Å². The van der Waals surface area contributed by atoms with Gasteiger partial charge in [-0.15, -0.1) is 0 Å². The quantitative estimate of drug-likeness (QED) is 0.785. The molecule has 2 N–H and O–H groups in total. The van der Waals surface area contributed by atoms with Crippen LogP contribution < -0.4 is 5.32 Å². The van der Waals surface area contributed by atoms with Crippen molar-refractivity contribution in [3.8, 4) is 0 Å². The van der Waals surface area contributed by atoms with Gasteiger partial charge in [-0.1, -0.05) is 20.8 Å². The van der Waals surface area contributed by atoms with E-state index >= 15 is 0 Å². The molecule has 4 unspecified atom stereocenters. The van der Waals surface area contributed by atoms with Gasteiger partial charge in [-0.2, -0.15) is 0 Å². The van der Waals surface area contributed by atoms with Gasteiger partial charge in [0.15, 0.2) is 0 Å². The smallest absolute Gasteiger partial charge is 0.0471 e. The van der Waals surface area contributed by atoms with E-state index in [-0.39, 0.29) is 0 Å². The molecule has 1 heterocycles. The van der Waals surface area contributed by atoms with Crippen LogP contribution in [0.1, 0.15) is 46.5 Å². The molecule has 0 aromatic heterocycles. The normalized spacial score (nSPS) is 35.9. The minimum absolute atomic E-state index is 0.367. The molecule has 0 radical (unpaired) electrons. The monoisotopic (exact) mass is 282 g/mol. The Bertz CT molecular complexity index is 282. The van der Waals surface area contributed by atoms with E-state index < -0.39 is 0 Å². The van der Waals surface area contributed by atoms with Crippen LogP contribution in [0.15, 0.2) is 0 Å². The Hall–Kier alpha value is -0.120. The molecule has 3 nitrogen and oxygen atoms in total. The van der Waals surface area contributed by atoms with Crippen molar-refractivity contribution < 1.29 is 5.11 Å². The summed E-state index contributed by atoms with van der Waals surface area (Å²) in [5, 5.41) is 13.0. The predicted molar refractivity (Wildman–Crippen MR) is 84.8 cm³/mol. The van der Waals surface area contributed by atoms with Crippen molar-refractivity contribution in [1.29, 1.82) is 0 Å². The van der Waals surface area contributed by atoms with Gasteiger partial charge in [-0.05, 0) is 62.4 Å². The molecule has 0 bridgehead atoms. The zero-order valence-electron chi connectivity index (χ0n) is 13.6. The van der Waals surface area contributed by atoms with Crippen LogP contribution in [0.2, 0.25) is 0 Å². The topological polar surface area (TPSA) is 35.5 Å². The summed E-state index contributed by atoms with van der Waals surface area (Å²) in [5.41, 5.74) is 0. The summed E-state index contributed by atoms with van der Waals surface area (Å²) in [7, 11) is 0. The molecule has 1 aliphatic carbocycles. The zero-order valence-corrected chi connectivity index (χ0v) is 13.6. The first-order valence-corrected chi connectivity index (χ1v) is 8.70. The lowest BCUT2D eigenvalue weighted by atomic mass is 9.73. The molecule has 0 aromatic carbocycles. The SMILES string of the molecule is CCNC1CCC(C(C)C)CC1CN1CCC(CO)C1. The van der Waals surface area contributed by atoms with E-state index in [0.29, 0.717) is 18.6 Å². The van der Waals surface area contributed by atoms with E-state index in [2.05, 4.69) is 31.0 Å². The van der Waals surface area contributed by atoms with Crippen LogP contribution in [0.5, 0.6) is 0 Å². The van der Waals surface area contributed by atoms with E-state index in [4.69, 9.17) is 0 Å². The third-order valence-corrected chi connectivity index (χ3v) is 5.55. The van der Waals surface area contributed by atoms with Crippen LogP contribution in [-0.4, -0.2) is 48.8 Å². The van der Waals surface area contributed by atoms with Crippen LogP contribution in [-0.2, 0) is 0 Å². The van der Waals surface area contributed by atoms with Crippen molar-refractivity contribution in [3.63, 3.8) is 0 Å². The van der Waals surface area contributed by atoms with E-state index in [1.165, 1.54) is 38.8 Å². The van der Waals surface area contributed by atoms with Crippen LogP contribution in [0.3, 0.4) is 0 Å². The maximum atomic E-state index is 9.30. The summed E-state index contributed by atoms with van der Waals surface area (Å²) < 4.78 is 0. The highest BCUT2D eigenvalue weighted by molar-refractivity contribution is 4.89. The van der Waals surface area contributed by atoms with E-state index in [1.807, 2.05) is 0 Å². The fourth-order valence-electron chi connectivity index (χ4n) is 4.20. The van der Waals surface area contributed by atoms with E-state index in [0.717, 1.165) is 30.8 Å². The van der Waals surface area contributed by atoms with Gasteiger partial charge < -0.3 is 15.3 Å². The molecule has 1 saturated carbocycles. The van der Waals surface area contributed by atoms with Crippen LogP contribution in [0.25, 0.3) is 0 Å². The van der Waals surface area contributed by atoms with Gasteiger partial charge in [0.25, 0.3) is 0 Å². The average Bonchev–Trinajstić information content (AvgIpc) is 2.88. The third kappa shape index (κ3) is 4.19. The maximum Gasteiger partial charge on any atom is 0.0471 e. The number of nitrogens with one attached hydrogen (secondary N) is 1. The Morgan fingerprint density at radius 2 is 2.05 bits per heavy atom. The Balaban J connectivity index is 1.89. The maximum absolute atomic E-state index is 9.30. The van der Waals surface area contributed by atoms with Crippen molar-refractivity contribution in [2.24, 2.45) is 23.7 Å². The molecule has 0 aromatic rings. The van der Waals surface area contributed by atoms with Gasteiger partial charge >= 0.3 is 0 Å². The van der Waals surface area contributed by atoms with E-state index in [9.17, 15) is 5.11 Å². The molecular formula is C17H34N2O. The third-order valence-electron chi connectivity index (χ3n) is 5.55. The molecule has 2 aliphatic rings. The summed E-state index contributed by atoms with van der Waals surface area (Å²) >= 11 is 0. The lowest BCUT2D eigenvalue weighted by Crippen LogP contribution is -2.46. The van der Waals surface area contributed by atoms with Gasteiger partial charge in [0, 0.05) is 25.7 Å². The Morgan fingerprint density at radius 3 is 2.65 bits per heavy atom. The molecule has 0 amide bonds. The second-order valence-corrected chi connectivity index (χ2v) is 7.34. The van der Waals surface area contributed by atoms with Gasteiger partial charge in [0.05, 0.1) is 0 Å². The second-order valence-electron chi connectivity index (χ2n) is 7.34. The standard InChI is InChI=1S/C17H34N2O/c1-4-18-17-6-5-15(13(2)3)9-16(17)11-19-8-7-14(10-19)12-20/h13-18,20H,4-12H2,1-3H3. The highest BCUT2D eigenvalue weighted by Gasteiger charge is 2.33. The molecule has 2 fully saturated rings. The average molecular weight is 282 g/mol. The highest BCUT2D eigenvalue weighted by Crippen LogP contribution is 2.35. The van der Waals surface area contributed by atoms with Crippen LogP contribution in [0.4, 0.5) is 0 Å². The number of aliphatic hydroxyl groups excluding tert-OH is 1. The first-order valence-electron chi connectivity index (χ1n) is 8.70. The first kappa shape index (κ1) is 16.3. The molecule has 1 saturated heterocycles. The number of nitrogens with zero attached hydrogens (tertiary/aromatic N) is 1. The van der Waals surface area contributed by atoms with Gasteiger partial charge in [0.2, 0.25) is 0 Å². The number of hydrogen-bond acceptors (Lipinski definition) is 3. The van der Waals surface area contributed by atoms with Crippen molar-refractivity contribution in [1.82, 2.24) is 10.2 Å². The lowest BCUT2D eigenvalue weighted by molar-refractivity contribution is 0.128. The fourth-order valence-corrected chi connectivity index (χ4v) is 4.20. The minimum atomic E-state index is 0.367. The molecule has 1 aliphatic heterocycles. The molecule has 118 valence electrons. The minimum Gasteiger partial charge on any atom is -0.396 e. The fraction of sp³-hybridized carbons (Fsp3) is 1.00. The van der Waals surface area contributed by atoms with Crippen LogP contribution >= 0.6 is 0 Å². The summed E-state index contributed by atoms with van der Waals surface area (Å²) in [6, 6.07) is 0.711. The van der Waals surface area contributed by atoms with Crippen molar-refractivity contribution in [3.05, 3.63) is 0 Å². The van der Waals surface area contributed by atoms with Gasteiger partial charge in [-0.25, -0.2) is 0 Å². The van der Waals surface area contributed by atoms with Crippen molar-refractivity contribution >= 4 is 0 Å². The number of hydrogen-bond donors (Lipinski definition) is 2. The Labute approximate surface area is 125 Å².